The standard InChI is InChI=1S/C21H23ClO6/c22-16-12(8-11-4-2-1-3-5-11)9-14(13-6-7-27-20(13)16)21-19(26)18(25)17(24)15(10-23)28-21/h1-5,9,15,17-19,21,23-26H,6-8,10H2/t15-,17-,18+,19-,21+/m1/s1. The van der Waals surface area contributed by atoms with E-state index in [4.69, 9.17) is 21.1 Å². The fourth-order valence-corrected chi connectivity index (χ4v) is 4.26. The van der Waals surface area contributed by atoms with Crippen LogP contribution in [0, 0.1) is 0 Å². The summed E-state index contributed by atoms with van der Waals surface area (Å²) in [4.78, 5) is 0. The maximum Gasteiger partial charge on any atom is 0.141 e. The molecule has 2 aliphatic rings. The van der Waals surface area contributed by atoms with Gasteiger partial charge in [0.2, 0.25) is 0 Å². The zero-order valence-corrected chi connectivity index (χ0v) is 15.9. The van der Waals surface area contributed by atoms with Gasteiger partial charge in [-0.15, -0.1) is 0 Å². The summed E-state index contributed by atoms with van der Waals surface area (Å²) in [6.07, 6.45) is -4.86. The number of hydrogen-bond acceptors (Lipinski definition) is 6. The van der Waals surface area contributed by atoms with Crippen molar-refractivity contribution >= 4 is 11.6 Å². The Morgan fingerprint density at radius 2 is 1.79 bits per heavy atom. The summed E-state index contributed by atoms with van der Waals surface area (Å²) in [6, 6.07) is 11.7. The molecule has 6 nitrogen and oxygen atoms in total. The fraction of sp³-hybridized carbons (Fsp3) is 0.429. The molecule has 0 aliphatic carbocycles. The van der Waals surface area contributed by atoms with Crippen molar-refractivity contribution in [1.29, 1.82) is 0 Å². The molecule has 4 rings (SSSR count). The maximum atomic E-state index is 10.6. The Hall–Kier alpha value is -1.67. The quantitative estimate of drug-likeness (QED) is 0.612. The molecule has 2 aromatic rings. The summed E-state index contributed by atoms with van der Waals surface area (Å²) < 4.78 is 11.5. The van der Waals surface area contributed by atoms with Gasteiger partial charge in [0.1, 0.15) is 36.3 Å². The fourth-order valence-electron chi connectivity index (χ4n) is 3.97. The first-order valence-electron chi connectivity index (χ1n) is 9.32. The number of benzene rings is 2. The Bertz CT molecular complexity index is 841. The number of aliphatic hydroxyl groups is 4. The predicted octanol–water partition coefficient (Wildman–Crippen LogP) is 1.38. The number of rotatable bonds is 4. The summed E-state index contributed by atoms with van der Waals surface area (Å²) in [6.45, 7) is -0.00113. The highest BCUT2D eigenvalue weighted by molar-refractivity contribution is 6.33. The molecule has 1 saturated heterocycles. The van der Waals surface area contributed by atoms with Gasteiger partial charge in [-0.1, -0.05) is 48.0 Å². The first-order valence-corrected chi connectivity index (χ1v) is 9.70. The topological polar surface area (TPSA) is 99.4 Å². The normalized spacial score (nSPS) is 29.4. The molecular weight excluding hydrogens is 384 g/mol. The highest BCUT2D eigenvalue weighted by atomic mass is 35.5. The van der Waals surface area contributed by atoms with E-state index in [2.05, 4.69) is 0 Å². The molecule has 2 aromatic carbocycles. The van der Waals surface area contributed by atoms with Crippen molar-refractivity contribution < 1.29 is 29.9 Å². The van der Waals surface area contributed by atoms with Crippen molar-refractivity contribution in [2.45, 2.75) is 43.4 Å². The molecule has 0 bridgehead atoms. The molecular formula is C21H23ClO6. The number of fused-ring (bicyclic) bond motifs is 1. The van der Waals surface area contributed by atoms with Crippen LogP contribution < -0.4 is 4.74 Å². The zero-order chi connectivity index (χ0) is 19.8. The van der Waals surface area contributed by atoms with Crippen molar-refractivity contribution in [2.75, 3.05) is 13.2 Å². The van der Waals surface area contributed by atoms with E-state index in [0.717, 1.165) is 16.7 Å². The maximum absolute atomic E-state index is 10.6. The molecule has 28 heavy (non-hydrogen) atoms. The first kappa shape index (κ1) is 19.6. The molecule has 7 heteroatoms. The van der Waals surface area contributed by atoms with Crippen LogP contribution in [0.3, 0.4) is 0 Å². The van der Waals surface area contributed by atoms with Gasteiger partial charge in [0.25, 0.3) is 0 Å². The summed E-state index contributed by atoms with van der Waals surface area (Å²) in [5.74, 6) is 0.571. The second-order valence-electron chi connectivity index (χ2n) is 7.26. The van der Waals surface area contributed by atoms with Gasteiger partial charge in [-0.3, -0.25) is 0 Å². The second-order valence-corrected chi connectivity index (χ2v) is 7.63. The van der Waals surface area contributed by atoms with Crippen LogP contribution in [0.1, 0.15) is 28.4 Å². The summed E-state index contributed by atoms with van der Waals surface area (Å²) in [5.41, 5.74) is 3.38. The average Bonchev–Trinajstić information content (AvgIpc) is 3.20. The van der Waals surface area contributed by atoms with Gasteiger partial charge < -0.3 is 29.9 Å². The van der Waals surface area contributed by atoms with E-state index in [9.17, 15) is 20.4 Å². The van der Waals surface area contributed by atoms with Gasteiger partial charge in [0.05, 0.1) is 18.2 Å². The third kappa shape index (κ3) is 3.41. The van der Waals surface area contributed by atoms with Gasteiger partial charge in [-0.25, -0.2) is 0 Å². The van der Waals surface area contributed by atoms with Crippen molar-refractivity contribution in [3.05, 3.63) is 63.7 Å². The Morgan fingerprint density at radius 1 is 1.04 bits per heavy atom. The number of aliphatic hydroxyl groups excluding tert-OH is 4. The number of halogens is 1. The smallest absolute Gasteiger partial charge is 0.141 e. The first-order chi connectivity index (χ1) is 13.5. The van der Waals surface area contributed by atoms with E-state index in [0.29, 0.717) is 35.8 Å². The summed E-state index contributed by atoms with van der Waals surface area (Å²) in [7, 11) is 0. The van der Waals surface area contributed by atoms with Gasteiger partial charge in [-0.05, 0) is 23.1 Å². The minimum Gasteiger partial charge on any atom is -0.491 e. The van der Waals surface area contributed by atoms with Crippen molar-refractivity contribution in [2.24, 2.45) is 0 Å². The lowest BCUT2D eigenvalue weighted by Crippen LogP contribution is -2.55. The largest absolute Gasteiger partial charge is 0.491 e. The van der Waals surface area contributed by atoms with E-state index in [1.54, 1.807) is 0 Å². The monoisotopic (exact) mass is 406 g/mol. The van der Waals surface area contributed by atoms with Gasteiger partial charge in [-0.2, -0.15) is 0 Å². The van der Waals surface area contributed by atoms with Crippen LogP contribution in [0.5, 0.6) is 5.75 Å². The van der Waals surface area contributed by atoms with E-state index in [-0.39, 0.29) is 0 Å². The SMILES string of the molecule is OC[C@H]1O[C@@H](c2cc(Cc3ccccc3)c(Cl)c3c2CCO3)[C@H](O)[C@@H](O)[C@@H]1O. The minimum absolute atomic E-state index is 0.467. The molecule has 0 unspecified atom stereocenters. The molecule has 5 atom stereocenters. The van der Waals surface area contributed by atoms with E-state index in [1.165, 1.54) is 0 Å². The molecule has 0 spiro atoms. The van der Waals surface area contributed by atoms with E-state index in [1.807, 2.05) is 36.4 Å². The minimum atomic E-state index is -1.43. The van der Waals surface area contributed by atoms with Crippen LogP contribution in [0.2, 0.25) is 5.02 Å². The van der Waals surface area contributed by atoms with Crippen LogP contribution in [-0.2, 0) is 17.6 Å². The lowest BCUT2D eigenvalue weighted by molar-refractivity contribution is -0.231. The Balaban J connectivity index is 1.76. The van der Waals surface area contributed by atoms with E-state index < -0.39 is 37.1 Å². The van der Waals surface area contributed by atoms with Crippen molar-refractivity contribution in [3.8, 4) is 5.75 Å². The summed E-state index contributed by atoms with van der Waals surface area (Å²) in [5, 5.41) is 40.8. The van der Waals surface area contributed by atoms with Gasteiger partial charge >= 0.3 is 0 Å². The molecule has 2 heterocycles. The van der Waals surface area contributed by atoms with E-state index >= 15 is 0 Å². The summed E-state index contributed by atoms with van der Waals surface area (Å²) >= 11 is 6.60. The Kier molecular flexibility index (Phi) is 5.60. The Morgan fingerprint density at radius 3 is 2.50 bits per heavy atom. The average molecular weight is 407 g/mol. The van der Waals surface area contributed by atoms with Crippen molar-refractivity contribution in [3.63, 3.8) is 0 Å². The third-order valence-electron chi connectivity index (χ3n) is 5.47. The van der Waals surface area contributed by atoms with Gasteiger partial charge in [0, 0.05) is 12.0 Å². The number of ether oxygens (including phenoxy) is 2. The van der Waals surface area contributed by atoms with Crippen LogP contribution in [0.15, 0.2) is 36.4 Å². The second kappa shape index (κ2) is 7.99. The molecule has 0 radical (unpaired) electrons. The molecule has 150 valence electrons. The predicted molar refractivity (Wildman–Crippen MR) is 103 cm³/mol. The molecule has 4 N–H and O–H groups in total. The Labute approximate surface area is 167 Å². The third-order valence-corrected chi connectivity index (χ3v) is 5.88. The number of hydrogen-bond donors (Lipinski definition) is 4. The molecule has 0 aromatic heterocycles. The van der Waals surface area contributed by atoms with Crippen LogP contribution in [0.25, 0.3) is 0 Å². The molecule has 0 saturated carbocycles. The zero-order valence-electron chi connectivity index (χ0n) is 15.2. The molecule has 2 aliphatic heterocycles. The van der Waals surface area contributed by atoms with Crippen molar-refractivity contribution in [1.82, 2.24) is 0 Å². The molecule has 1 fully saturated rings. The lowest BCUT2D eigenvalue weighted by Gasteiger charge is -2.40. The van der Waals surface area contributed by atoms with Crippen LogP contribution in [0.4, 0.5) is 0 Å². The van der Waals surface area contributed by atoms with Crippen LogP contribution >= 0.6 is 11.6 Å². The highest BCUT2D eigenvalue weighted by Gasteiger charge is 2.45. The lowest BCUT2D eigenvalue weighted by atomic mass is 9.87. The van der Waals surface area contributed by atoms with Crippen LogP contribution in [-0.4, -0.2) is 58.1 Å². The molecule has 0 amide bonds. The highest BCUT2D eigenvalue weighted by Crippen LogP contribution is 2.44. The van der Waals surface area contributed by atoms with Gasteiger partial charge in [0.15, 0.2) is 0 Å².